The van der Waals surface area contributed by atoms with Crippen LogP contribution in [0.25, 0.3) is 0 Å². The van der Waals surface area contributed by atoms with Crippen LogP contribution in [-0.4, -0.2) is 47.6 Å². The number of aliphatic hydroxyl groups is 2. The first-order chi connectivity index (χ1) is 20.8. The van der Waals surface area contributed by atoms with Gasteiger partial charge in [-0.25, -0.2) is 0 Å². The second-order valence-electron chi connectivity index (χ2n) is 12.0. The van der Waals surface area contributed by atoms with Crippen molar-refractivity contribution < 1.29 is 29.3 Å². The Kier molecular flexibility index (Phi) is 29.7. The number of carbonyl (C=O) groups is 2. The van der Waals surface area contributed by atoms with Crippen molar-refractivity contribution in [3.8, 4) is 0 Å². The van der Waals surface area contributed by atoms with Gasteiger partial charge in [-0.2, -0.15) is 0 Å². The minimum absolute atomic E-state index is 0.151. The fourth-order valence-corrected chi connectivity index (χ4v) is 4.40. The molecule has 0 aliphatic rings. The second kappa shape index (κ2) is 31.3. The van der Waals surface area contributed by atoms with E-state index < -0.39 is 12.2 Å². The molecule has 0 aromatic heterocycles. The first-order valence-corrected chi connectivity index (χ1v) is 17.2. The van der Waals surface area contributed by atoms with Gasteiger partial charge in [0, 0.05) is 12.8 Å². The summed E-state index contributed by atoms with van der Waals surface area (Å²) in [6.45, 7) is 6.42. The van der Waals surface area contributed by atoms with Gasteiger partial charge in [-0.3, -0.25) is 9.59 Å². The van der Waals surface area contributed by atoms with Gasteiger partial charge in [0.2, 0.25) is 0 Å². The fourth-order valence-electron chi connectivity index (χ4n) is 4.40. The van der Waals surface area contributed by atoms with Gasteiger partial charge in [0.05, 0.1) is 6.10 Å². The number of aliphatic hydroxyl groups excluding tert-OH is 2. The maximum absolute atomic E-state index is 11.9. The third-order valence-electron chi connectivity index (χ3n) is 7.08. The van der Waals surface area contributed by atoms with Crippen molar-refractivity contribution in [3.05, 3.63) is 48.6 Å². The van der Waals surface area contributed by atoms with Crippen molar-refractivity contribution in [2.24, 2.45) is 5.92 Å². The highest BCUT2D eigenvalue weighted by Gasteiger charge is 2.12. The van der Waals surface area contributed by atoms with Crippen LogP contribution in [0.5, 0.6) is 0 Å². The topological polar surface area (TPSA) is 93.1 Å². The normalized spacial score (nSPS) is 13.6. The van der Waals surface area contributed by atoms with Crippen molar-refractivity contribution in [1.29, 1.82) is 0 Å². The van der Waals surface area contributed by atoms with Crippen LogP contribution >= 0.6 is 0 Å². The molecule has 6 heteroatoms. The highest BCUT2D eigenvalue weighted by atomic mass is 16.6. The van der Waals surface area contributed by atoms with Crippen molar-refractivity contribution in [2.75, 3.05) is 13.2 Å². The predicted molar refractivity (Wildman–Crippen MR) is 179 cm³/mol. The summed E-state index contributed by atoms with van der Waals surface area (Å²) < 4.78 is 10.2. The molecule has 0 rings (SSSR count). The Morgan fingerprint density at radius 1 is 0.651 bits per heavy atom. The Hall–Kier alpha value is -2.18. The standard InChI is InChI=1S/C37H64O6/c1-4-5-6-7-11-17-22-27-34(38)28-23-18-13-10-15-20-25-30-37(41)43-32-35(39)31-42-36(40)29-24-19-14-9-8-12-16-21-26-33(2)3/h10-11,15,17-18,22-23,27,33-35,38-39H,4-9,12-14,16,19-21,24-26,28-32H2,1-3H3/b15-10+,17-11-,23-18-,27-22-/t34-,35-/m1/s1. The van der Waals surface area contributed by atoms with E-state index in [-0.39, 0.29) is 31.6 Å². The molecular formula is C37H64O6. The van der Waals surface area contributed by atoms with Gasteiger partial charge in [-0.15, -0.1) is 0 Å². The van der Waals surface area contributed by atoms with E-state index in [2.05, 4.69) is 26.8 Å². The molecule has 6 nitrogen and oxygen atoms in total. The van der Waals surface area contributed by atoms with E-state index in [0.717, 1.165) is 44.4 Å². The van der Waals surface area contributed by atoms with Crippen LogP contribution in [0, 0.1) is 5.92 Å². The minimum Gasteiger partial charge on any atom is -0.463 e. The lowest BCUT2D eigenvalue weighted by atomic mass is 10.0. The Bertz CT molecular complexity index is 767. The first kappa shape index (κ1) is 40.8. The number of esters is 2. The maximum Gasteiger partial charge on any atom is 0.305 e. The molecule has 0 amide bonds. The van der Waals surface area contributed by atoms with Gasteiger partial charge in [-0.1, -0.05) is 134 Å². The third-order valence-corrected chi connectivity index (χ3v) is 7.08. The summed E-state index contributed by atoms with van der Waals surface area (Å²) in [4.78, 5) is 23.8. The molecule has 0 radical (unpaired) electrons. The third kappa shape index (κ3) is 32.6. The molecule has 0 aliphatic heterocycles. The zero-order valence-electron chi connectivity index (χ0n) is 27.7. The second-order valence-corrected chi connectivity index (χ2v) is 12.0. The van der Waals surface area contributed by atoms with Crippen LogP contribution in [0.2, 0.25) is 0 Å². The summed E-state index contributed by atoms with van der Waals surface area (Å²) in [5.41, 5.74) is 0. The monoisotopic (exact) mass is 604 g/mol. The molecule has 0 heterocycles. The lowest BCUT2D eigenvalue weighted by molar-refractivity contribution is -0.152. The van der Waals surface area contributed by atoms with Gasteiger partial charge < -0.3 is 19.7 Å². The Morgan fingerprint density at radius 3 is 1.88 bits per heavy atom. The lowest BCUT2D eigenvalue weighted by Gasteiger charge is -2.12. The fraction of sp³-hybridized carbons (Fsp3) is 0.730. The average Bonchev–Trinajstić information content (AvgIpc) is 2.98. The average molecular weight is 605 g/mol. The van der Waals surface area contributed by atoms with Crippen LogP contribution in [-0.2, 0) is 19.1 Å². The summed E-state index contributed by atoms with van der Waals surface area (Å²) >= 11 is 0. The molecule has 0 fully saturated rings. The molecule has 0 saturated heterocycles. The van der Waals surface area contributed by atoms with Crippen molar-refractivity contribution in [2.45, 2.75) is 155 Å². The lowest BCUT2D eigenvalue weighted by Crippen LogP contribution is -2.25. The molecule has 0 saturated carbocycles. The largest absolute Gasteiger partial charge is 0.463 e. The van der Waals surface area contributed by atoms with Gasteiger partial charge in [0.25, 0.3) is 0 Å². The van der Waals surface area contributed by atoms with E-state index in [9.17, 15) is 19.8 Å². The van der Waals surface area contributed by atoms with E-state index in [0.29, 0.717) is 19.3 Å². The number of ether oxygens (including phenoxy) is 2. The number of carbonyl (C=O) groups excluding carboxylic acids is 2. The molecule has 2 atom stereocenters. The van der Waals surface area contributed by atoms with Crippen molar-refractivity contribution in [1.82, 2.24) is 0 Å². The van der Waals surface area contributed by atoms with Gasteiger partial charge in [-0.05, 0) is 50.9 Å². The van der Waals surface area contributed by atoms with Crippen molar-refractivity contribution >= 4 is 11.9 Å². The Labute approximate surface area is 263 Å². The first-order valence-electron chi connectivity index (χ1n) is 17.2. The zero-order chi connectivity index (χ0) is 31.8. The van der Waals surface area contributed by atoms with Crippen LogP contribution in [0.1, 0.15) is 143 Å². The van der Waals surface area contributed by atoms with Crippen LogP contribution < -0.4 is 0 Å². The van der Waals surface area contributed by atoms with Gasteiger partial charge in [0.1, 0.15) is 19.3 Å². The molecule has 43 heavy (non-hydrogen) atoms. The number of hydrogen-bond donors (Lipinski definition) is 2. The Balaban J connectivity index is 3.66. The number of unbranched alkanes of at least 4 members (excludes halogenated alkanes) is 11. The highest BCUT2D eigenvalue weighted by Crippen LogP contribution is 2.13. The smallest absolute Gasteiger partial charge is 0.305 e. The molecule has 0 unspecified atom stereocenters. The molecule has 2 N–H and O–H groups in total. The van der Waals surface area contributed by atoms with Crippen molar-refractivity contribution in [3.63, 3.8) is 0 Å². The number of allylic oxidation sites excluding steroid dienone is 6. The number of hydrogen-bond acceptors (Lipinski definition) is 6. The maximum atomic E-state index is 11.9. The van der Waals surface area contributed by atoms with E-state index in [1.807, 2.05) is 36.5 Å². The van der Waals surface area contributed by atoms with Crippen LogP contribution in [0.3, 0.4) is 0 Å². The Morgan fingerprint density at radius 2 is 1.23 bits per heavy atom. The van der Waals surface area contributed by atoms with E-state index in [1.54, 1.807) is 6.08 Å². The predicted octanol–water partition coefficient (Wildman–Crippen LogP) is 9.11. The minimum atomic E-state index is -1.00. The summed E-state index contributed by atoms with van der Waals surface area (Å²) in [6.07, 6.45) is 33.4. The summed E-state index contributed by atoms with van der Waals surface area (Å²) in [5.74, 6) is 0.124. The molecule has 0 bridgehead atoms. The van der Waals surface area contributed by atoms with Crippen LogP contribution in [0.15, 0.2) is 48.6 Å². The highest BCUT2D eigenvalue weighted by molar-refractivity contribution is 5.69. The van der Waals surface area contributed by atoms with Gasteiger partial charge >= 0.3 is 11.9 Å². The molecule has 248 valence electrons. The molecule has 0 aromatic carbocycles. The van der Waals surface area contributed by atoms with Crippen LogP contribution in [0.4, 0.5) is 0 Å². The quantitative estimate of drug-likeness (QED) is 0.0383. The summed E-state index contributed by atoms with van der Waals surface area (Å²) in [5, 5.41) is 19.9. The van der Waals surface area contributed by atoms with E-state index in [4.69, 9.17) is 9.47 Å². The van der Waals surface area contributed by atoms with E-state index >= 15 is 0 Å². The molecule has 0 aliphatic carbocycles. The SMILES string of the molecule is CCCCC/C=C\C=C/[C@@H](O)C/C=C\C/C=C/CCCC(=O)OC[C@H](O)COC(=O)CCCCCCCCCCC(C)C. The van der Waals surface area contributed by atoms with E-state index in [1.165, 1.54) is 57.8 Å². The molecule has 0 aromatic rings. The number of rotatable bonds is 29. The summed E-state index contributed by atoms with van der Waals surface area (Å²) in [6, 6.07) is 0. The van der Waals surface area contributed by atoms with Gasteiger partial charge in [0.15, 0.2) is 0 Å². The molecular weight excluding hydrogens is 540 g/mol. The molecule has 0 spiro atoms. The summed E-state index contributed by atoms with van der Waals surface area (Å²) in [7, 11) is 0. The zero-order valence-corrected chi connectivity index (χ0v) is 27.7.